The average molecular weight is 336 g/mol. The summed E-state index contributed by atoms with van der Waals surface area (Å²) in [5, 5.41) is 38.5. The van der Waals surface area contributed by atoms with E-state index in [0.29, 0.717) is 6.42 Å². The van der Waals surface area contributed by atoms with Gasteiger partial charge in [0.05, 0.1) is 5.30 Å². The Hall–Kier alpha value is -2.59. The van der Waals surface area contributed by atoms with Crippen molar-refractivity contribution >= 4 is 12.7 Å². The van der Waals surface area contributed by atoms with Crippen molar-refractivity contribution in [2.45, 2.75) is 6.42 Å². The fraction of sp³-hybridized carbons (Fsp3) is 0.125. The number of phenols is 4. The maximum atomic E-state index is 13.2. The van der Waals surface area contributed by atoms with E-state index in [9.17, 15) is 25.0 Å². The van der Waals surface area contributed by atoms with Gasteiger partial charge in [0, 0.05) is 18.3 Å². The average Bonchev–Trinajstić information content (AvgIpc) is 2.48. The zero-order chi connectivity index (χ0) is 17.0. The van der Waals surface area contributed by atoms with Crippen LogP contribution in [0.5, 0.6) is 28.7 Å². The van der Waals surface area contributed by atoms with Crippen molar-refractivity contribution in [2.24, 2.45) is 0 Å². The lowest BCUT2D eigenvalue weighted by molar-refractivity contribution is 0.418. The SMILES string of the molecule is C=CCCP(=O)(Oc1ccc(O)cc1O)c1ccc(O)cc1O. The van der Waals surface area contributed by atoms with Gasteiger partial charge in [0.1, 0.15) is 17.2 Å². The topological polar surface area (TPSA) is 107 Å². The first-order chi connectivity index (χ1) is 10.9. The molecule has 0 bridgehead atoms. The molecule has 0 radical (unpaired) electrons. The van der Waals surface area contributed by atoms with Gasteiger partial charge in [-0.2, -0.15) is 0 Å². The van der Waals surface area contributed by atoms with E-state index in [0.717, 1.165) is 12.1 Å². The fourth-order valence-electron chi connectivity index (χ4n) is 2.02. The van der Waals surface area contributed by atoms with E-state index >= 15 is 0 Å². The molecule has 23 heavy (non-hydrogen) atoms. The summed E-state index contributed by atoms with van der Waals surface area (Å²) >= 11 is 0. The minimum atomic E-state index is -3.58. The molecule has 4 N–H and O–H groups in total. The van der Waals surface area contributed by atoms with Gasteiger partial charge in [-0.1, -0.05) is 6.08 Å². The highest BCUT2D eigenvalue weighted by Crippen LogP contribution is 2.51. The standard InChI is InChI=1S/C16H17O6P/c1-2-3-8-23(21,16-7-5-12(18)10-14(16)20)22-15-6-4-11(17)9-13(15)19/h2,4-7,9-10,17-20H,1,3,8H2. The van der Waals surface area contributed by atoms with Crippen LogP contribution in [0.3, 0.4) is 0 Å². The zero-order valence-electron chi connectivity index (χ0n) is 12.2. The summed E-state index contributed by atoms with van der Waals surface area (Å²) in [6.45, 7) is 3.57. The first kappa shape index (κ1) is 16.8. The monoisotopic (exact) mass is 336 g/mol. The van der Waals surface area contributed by atoms with Crippen LogP contribution in [0.25, 0.3) is 0 Å². The van der Waals surface area contributed by atoms with Crippen molar-refractivity contribution < 1.29 is 29.5 Å². The van der Waals surface area contributed by atoms with E-state index in [1.54, 1.807) is 6.08 Å². The maximum Gasteiger partial charge on any atom is 0.281 e. The summed E-state index contributed by atoms with van der Waals surface area (Å²) < 4.78 is 18.7. The minimum Gasteiger partial charge on any atom is -0.508 e. The molecular formula is C16H17O6P. The van der Waals surface area contributed by atoms with E-state index in [1.807, 2.05) is 0 Å². The molecule has 0 spiro atoms. The Morgan fingerprint density at radius 1 is 1.00 bits per heavy atom. The smallest absolute Gasteiger partial charge is 0.281 e. The van der Waals surface area contributed by atoms with E-state index in [1.165, 1.54) is 24.3 Å². The van der Waals surface area contributed by atoms with Gasteiger partial charge in [-0.3, -0.25) is 4.57 Å². The molecule has 0 heterocycles. The lowest BCUT2D eigenvalue weighted by Gasteiger charge is -2.21. The van der Waals surface area contributed by atoms with Gasteiger partial charge in [-0.15, -0.1) is 6.58 Å². The van der Waals surface area contributed by atoms with Crippen LogP contribution >= 0.6 is 7.37 Å². The summed E-state index contributed by atoms with van der Waals surface area (Å²) in [4.78, 5) is 0. The van der Waals surface area contributed by atoms with Crippen LogP contribution in [0.2, 0.25) is 0 Å². The van der Waals surface area contributed by atoms with Crippen molar-refractivity contribution in [2.75, 3.05) is 6.16 Å². The van der Waals surface area contributed by atoms with E-state index in [2.05, 4.69) is 6.58 Å². The Kier molecular flexibility index (Phi) is 4.86. The highest BCUT2D eigenvalue weighted by Gasteiger charge is 2.31. The summed E-state index contributed by atoms with van der Waals surface area (Å²) in [6.07, 6.45) is 1.97. The summed E-state index contributed by atoms with van der Waals surface area (Å²) in [7, 11) is -3.58. The molecule has 2 aromatic rings. The van der Waals surface area contributed by atoms with Crippen molar-refractivity contribution in [3.63, 3.8) is 0 Å². The van der Waals surface area contributed by atoms with Gasteiger partial charge < -0.3 is 24.9 Å². The van der Waals surface area contributed by atoms with Crippen LogP contribution in [0, 0.1) is 0 Å². The number of benzene rings is 2. The third-order valence-electron chi connectivity index (χ3n) is 3.14. The molecule has 1 atom stereocenters. The van der Waals surface area contributed by atoms with Crippen LogP contribution in [0.1, 0.15) is 6.42 Å². The van der Waals surface area contributed by atoms with Crippen LogP contribution in [-0.2, 0) is 4.57 Å². The molecule has 2 rings (SSSR count). The predicted octanol–water partition coefficient (Wildman–Crippen LogP) is 3.07. The number of hydrogen-bond donors (Lipinski definition) is 4. The lowest BCUT2D eigenvalue weighted by atomic mass is 10.3. The molecular weight excluding hydrogens is 319 g/mol. The molecule has 1 unspecified atom stereocenters. The molecule has 0 aliphatic rings. The van der Waals surface area contributed by atoms with Crippen molar-refractivity contribution in [3.8, 4) is 28.7 Å². The highest BCUT2D eigenvalue weighted by atomic mass is 31.2. The maximum absolute atomic E-state index is 13.2. The van der Waals surface area contributed by atoms with Gasteiger partial charge in [-0.25, -0.2) is 0 Å². The van der Waals surface area contributed by atoms with Crippen LogP contribution in [0.4, 0.5) is 0 Å². The lowest BCUT2D eigenvalue weighted by Crippen LogP contribution is -2.13. The van der Waals surface area contributed by atoms with Gasteiger partial charge in [0.15, 0.2) is 11.5 Å². The second kappa shape index (κ2) is 6.67. The number of allylic oxidation sites excluding steroid dienone is 1. The van der Waals surface area contributed by atoms with E-state index in [4.69, 9.17) is 4.52 Å². The quantitative estimate of drug-likeness (QED) is 0.477. The van der Waals surface area contributed by atoms with Gasteiger partial charge >= 0.3 is 0 Å². The summed E-state index contributed by atoms with van der Waals surface area (Å²) in [6, 6.07) is 7.29. The molecule has 0 saturated heterocycles. The Morgan fingerprint density at radius 2 is 1.61 bits per heavy atom. The minimum absolute atomic E-state index is 0.0321. The molecule has 7 heteroatoms. The van der Waals surface area contributed by atoms with Crippen LogP contribution in [-0.4, -0.2) is 26.6 Å². The molecule has 0 aliphatic heterocycles. The van der Waals surface area contributed by atoms with E-state index < -0.39 is 7.37 Å². The molecule has 2 aromatic carbocycles. The third kappa shape index (κ3) is 3.79. The second-order valence-electron chi connectivity index (χ2n) is 4.89. The molecule has 0 amide bonds. The van der Waals surface area contributed by atoms with Gasteiger partial charge in [-0.05, 0) is 30.7 Å². The van der Waals surface area contributed by atoms with Crippen LogP contribution in [0.15, 0.2) is 49.1 Å². The predicted molar refractivity (Wildman–Crippen MR) is 87.1 cm³/mol. The van der Waals surface area contributed by atoms with Crippen molar-refractivity contribution in [1.29, 1.82) is 0 Å². The highest BCUT2D eigenvalue weighted by molar-refractivity contribution is 7.67. The Bertz CT molecular complexity index is 771. The number of aromatic hydroxyl groups is 4. The van der Waals surface area contributed by atoms with Crippen LogP contribution < -0.4 is 9.83 Å². The third-order valence-corrected chi connectivity index (χ3v) is 5.59. The number of hydrogen-bond acceptors (Lipinski definition) is 6. The normalized spacial score (nSPS) is 13.2. The Balaban J connectivity index is 2.46. The van der Waals surface area contributed by atoms with Gasteiger partial charge in [0.2, 0.25) is 0 Å². The van der Waals surface area contributed by atoms with Gasteiger partial charge in [0.25, 0.3) is 7.37 Å². The zero-order valence-corrected chi connectivity index (χ0v) is 13.1. The Morgan fingerprint density at radius 3 is 2.17 bits per heavy atom. The molecule has 122 valence electrons. The molecule has 0 aliphatic carbocycles. The first-order valence-corrected chi connectivity index (χ1v) is 8.61. The largest absolute Gasteiger partial charge is 0.508 e. The van der Waals surface area contributed by atoms with Crippen molar-refractivity contribution in [3.05, 3.63) is 49.1 Å². The molecule has 0 aromatic heterocycles. The fourth-order valence-corrected chi connectivity index (χ4v) is 4.16. The molecule has 0 saturated carbocycles. The molecule has 6 nitrogen and oxygen atoms in total. The van der Waals surface area contributed by atoms with Crippen molar-refractivity contribution in [1.82, 2.24) is 0 Å². The summed E-state index contributed by atoms with van der Waals surface area (Å²) in [5.41, 5.74) is 0. The number of rotatable bonds is 6. The second-order valence-corrected chi connectivity index (χ2v) is 7.35. The molecule has 0 fully saturated rings. The van der Waals surface area contributed by atoms with E-state index in [-0.39, 0.29) is 40.2 Å². The number of phenolic OH excluding ortho intramolecular Hbond substituents is 4. The Labute approximate surface area is 133 Å². The first-order valence-electron chi connectivity index (χ1n) is 6.80. The summed E-state index contributed by atoms with van der Waals surface area (Å²) in [5.74, 6) is -1.15.